The Balaban J connectivity index is 2.27. The first-order valence-corrected chi connectivity index (χ1v) is 7.50. The second-order valence-electron chi connectivity index (χ2n) is 5.48. The topological polar surface area (TPSA) is 98.5 Å². The minimum Gasteiger partial charge on any atom is -0.478 e. The molecule has 3 aromatic rings. The summed E-state index contributed by atoms with van der Waals surface area (Å²) in [5.74, 6) is -2.39. The molecule has 0 amide bonds. The second kappa shape index (κ2) is 6.75. The minimum absolute atomic E-state index is 0.110. The zero-order valence-electron chi connectivity index (χ0n) is 13.6. The van der Waals surface area contributed by atoms with Gasteiger partial charge in [-0.05, 0) is 35.4 Å². The van der Waals surface area contributed by atoms with Crippen LogP contribution < -0.4 is 5.56 Å². The Labute approximate surface area is 146 Å². The number of carbonyl (C=O) groups excluding carboxylic acids is 1. The molecule has 1 heterocycles. The molecule has 26 heavy (non-hydrogen) atoms. The number of hydrogen-bond donors (Lipinski definition) is 1. The Kier molecular flexibility index (Phi) is 4.49. The number of carbonyl (C=O) groups is 2. The van der Waals surface area contributed by atoms with Gasteiger partial charge < -0.3 is 9.84 Å². The van der Waals surface area contributed by atoms with E-state index in [0.717, 1.165) is 10.9 Å². The van der Waals surface area contributed by atoms with Crippen LogP contribution in [0.2, 0.25) is 0 Å². The maximum Gasteiger partial charge on any atom is 0.336 e. The van der Waals surface area contributed by atoms with Gasteiger partial charge in [0.2, 0.25) is 0 Å². The van der Waals surface area contributed by atoms with Crippen molar-refractivity contribution in [2.24, 2.45) is 0 Å². The molecule has 0 bridgehead atoms. The molecule has 1 aromatic heterocycles. The molecule has 1 N–H and O–H groups in total. The van der Waals surface area contributed by atoms with Crippen LogP contribution in [0.3, 0.4) is 0 Å². The molecule has 0 spiro atoms. The van der Waals surface area contributed by atoms with E-state index in [1.807, 2.05) is 0 Å². The highest BCUT2D eigenvalue weighted by molar-refractivity contribution is 6.01. The fourth-order valence-electron chi connectivity index (χ4n) is 2.59. The number of hydrogen-bond acceptors (Lipinski definition) is 5. The van der Waals surface area contributed by atoms with Crippen LogP contribution in [0.15, 0.2) is 47.5 Å². The number of aromatic nitrogens is 2. The van der Waals surface area contributed by atoms with Gasteiger partial charge in [0.25, 0.3) is 5.56 Å². The van der Waals surface area contributed by atoms with Gasteiger partial charge in [0.15, 0.2) is 0 Å². The Morgan fingerprint density at radius 3 is 2.69 bits per heavy atom. The van der Waals surface area contributed by atoms with E-state index in [4.69, 9.17) is 0 Å². The highest BCUT2D eigenvalue weighted by atomic mass is 19.1. The van der Waals surface area contributed by atoms with Crippen LogP contribution in [-0.2, 0) is 16.1 Å². The molecule has 0 fully saturated rings. The van der Waals surface area contributed by atoms with Crippen LogP contribution in [0.5, 0.6) is 0 Å². The minimum atomic E-state index is -1.23. The fourth-order valence-corrected chi connectivity index (χ4v) is 2.59. The smallest absolute Gasteiger partial charge is 0.336 e. The summed E-state index contributed by atoms with van der Waals surface area (Å²) in [6, 6.07) is 7.99. The monoisotopic (exact) mass is 356 g/mol. The average Bonchev–Trinajstić information content (AvgIpc) is 2.63. The fraction of sp³-hybridized carbons (Fsp3) is 0.111. The Hall–Kier alpha value is -3.55. The van der Waals surface area contributed by atoms with Crippen molar-refractivity contribution in [3.63, 3.8) is 0 Å². The van der Waals surface area contributed by atoms with Crippen LogP contribution >= 0.6 is 0 Å². The third-order valence-electron chi connectivity index (χ3n) is 3.86. The zero-order valence-corrected chi connectivity index (χ0v) is 13.6. The van der Waals surface area contributed by atoms with Gasteiger partial charge in [-0.15, -0.1) is 0 Å². The lowest BCUT2D eigenvalue weighted by molar-refractivity contribution is -0.141. The van der Waals surface area contributed by atoms with Crippen LogP contribution in [0.1, 0.15) is 10.4 Å². The van der Waals surface area contributed by atoms with Gasteiger partial charge in [0, 0.05) is 0 Å². The second-order valence-corrected chi connectivity index (χ2v) is 5.48. The molecule has 0 radical (unpaired) electrons. The maximum absolute atomic E-state index is 13.5. The highest BCUT2D eigenvalue weighted by Gasteiger charge is 2.17. The average molecular weight is 356 g/mol. The molecule has 0 saturated carbocycles. The summed E-state index contributed by atoms with van der Waals surface area (Å²) in [5.41, 5.74) is 0.00988. The van der Waals surface area contributed by atoms with Gasteiger partial charge in [0.05, 0.1) is 29.9 Å². The van der Waals surface area contributed by atoms with Crippen LogP contribution in [0.25, 0.3) is 22.0 Å². The van der Waals surface area contributed by atoms with Crippen molar-refractivity contribution in [1.82, 2.24) is 9.55 Å². The molecule has 0 aliphatic rings. The van der Waals surface area contributed by atoms with Crippen molar-refractivity contribution in [3.8, 4) is 11.1 Å². The van der Waals surface area contributed by atoms with E-state index in [1.54, 1.807) is 6.07 Å². The highest BCUT2D eigenvalue weighted by Crippen LogP contribution is 2.27. The number of esters is 1. The number of methoxy groups -OCH3 is 1. The van der Waals surface area contributed by atoms with Crippen molar-refractivity contribution in [3.05, 3.63) is 64.5 Å². The molecule has 132 valence electrons. The first kappa shape index (κ1) is 17.3. The molecule has 3 rings (SSSR count). The van der Waals surface area contributed by atoms with E-state index < -0.39 is 23.3 Å². The molecule has 0 aliphatic heterocycles. The predicted molar refractivity (Wildman–Crippen MR) is 90.4 cm³/mol. The summed E-state index contributed by atoms with van der Waals surface area (Å²) in [6.07, 6.45) is 1.15. The molecule has 8 heteroatoms. The molecule has 0 unspecified atom stereocenters. The summed E-state index contributed by atoms with van der Waals surface area (Å²) in [6.45, 7) is -0.325. The lowest BCUT2D eigenvalue weighted by atomic mass is 9.97. The molecule has 2 aromatic carbocycles. The van der Waals surface area contributed by atoms with Gasteiger partial charge in [0.1, 0.15) is 12.4 Å². The van der Waals surface area contributed by atoms with E-state index >= 15 is 0 Å². The molecule has 0 aliphatic carbocycles. The van der Waals surface area contributed by atoms with Crippen LogP contribution in [0, 0.1) is 5.82 Å². The predicted octanol–water partition coefficient (Wildman–Crippen LogP) is 2.07. The normalized spacial score (nSPS) is 10.7. The van der Waals surface area contributed by atoms with E-state index in [0.29, 0.717) is 5.56 Å². The number of ether oxygens (including phenoxy) is 1. The number of fused-ring (bicyclic) bond motifs is 1. The van der Waals surface area contributed by atoms with Gasteiger partial charge in [-0.3, -0.25) is 14.2 Å². The number of rotatable bonds is 4. The van der Waals surface area contributed by atoms with Crippen molar-refractivity contribution in [2.45, 2.75) is 6.54 Å². The summed E-state index contributed by atoms with van der Waals surface area (Å²) >= 11 is 0. The van der Waals surface area contributed by atoms with Crippen molar-refractivity contribution >= 4 is 22.8 Å². The largest absolute Gasteiger partial charge is 0.478 e. The Morgan fingerprint density at radius 1 is 1.27 bits per heavy atom. The molecular weight excluding hydrogens is 343 g/mol. The quantitative estimate of drug-likeness (QED) is 0.719. The van der Waals surface area contributed by atoms with Gasteiger partial charge in [-0.2, -0.15) is 0 Å². The Morgan fingerprint density at radius 2 is 2.04 bits per heavy atom. The molecule has 0 atom stereocenters. The number of aromatic carboxylic acids is 1. The third kappa shape index (κ3) is 3.16. The van der Waals surface area contributed by atoms with E-state index in [2.05, 4.69) is 9.72 Å². The number of carboxylic acid groups (broad SMARTS) is 1. The summed E-state index contributed by atoms with van der Waals surface area (Å²) in [5, 5.41) is 9.58. The van der Waals surface area contributed by atoms with Crippen molar-refractivity contribution in [2.75, 3.05) is 7.11 Å². The van der Waals surface area contributed by atoms with E-state index in [1.165, 1.54) is 37.4 Å². The van der Waals surface area contributed by atoms with Crippen molar-refractivity contribution < 1.29 is 23.8 Å². The Bertz CT molecular complexity index is 1090. The number of nitrogens with zero attached hydrogens (tertiary/aromatic N) is 2. The SMILES string of the molecule is COC(=O)Cn1cnc2cc(C(=O)O)c(-c3cccc(F)c3)cc2c1=O. The number of benzene rings is 2. The zero-order chi connectivity index (χ0) is 18.8. The van der Waals surface area contributed by atoms with E-state index in [-0.39, 0.29) is 28.6 Å². The molecular formula is C18H13FN2O5. The van der Waals surface area contributed by atoms with Crippen molar-refractivity contribution in [1.29, 1.82) is 0 Å². The molecule has 0 saturated heterocycles. The molecule has 7 nitrogen and oxygen atoms in total. The maximum atomic E-state index is 13.5. The van der Waals surface area contributed by atoms with Gasteiger partial charge in [-0.1, -0.05) is 12.1 Å². The standard InChI is InChI=1S/C18H13FN2O5/c1-26-16(22)8-21-9-20-15-7-13(18(24)25)12(6-14(15)17(21)23)10-3-2-4-11(19)5-10/h2-7,9H,8H2,1H3,(H,24,25). The van der Waals surface area contributed by atoms with Crippen LogP contribution in [-0.4, -0.2) is 33.7 Å². The number of carboxylic acids is 1. The summed E-state index contributed by atoms with van der Waals surface area (Å²) in [4.78, 5) is 39.7. The summed E-state index contributed by atoms with van der Waals surface area (Å²) in [7, 11) is 1.20. The first-order chi connectivity index (χ1) is 12.4. The first-order valence-electron chi connectivity index (χ1n) is 7.50. The van der Waals surface area contributed by atoms with E-state index in [9.17, 15) is 23.9 Å². The van der Waals surface area contributed by atoms with Gasteiger partial charge >= 0.3 is 11.9 Å². The lowest BCUT2D eigenvalue weighted by Crippen LogP contribution is -2.25. The third-order valence-corrected chi connectivity index (χ3v) is 3.86. The van der Waals surface area contributed by atoms with Gasteiger partial charge in [-0.25, -0.2) is 14.2 Å². The lowest BCUT2D eigenvalue weighted by Gasteiger charge is -2.10. The number of halogens is 1. The summed E-state index contributed by atoms with van der Waals surface area (Å²) < 4.78 is 19.1. The van der Waals surface area contributed by atoms with Crippen LogP contribution in [0.4, 0.5) is 4.39 Å².